The van der Waals surface area contributed by atoms with E-state index < -0.39 is 0 Å². The summed E-state index contributed by atoms with van der Waals surface area (Å²) in [6.45, 7) is 0.471. The number of H-pyrrole nitrogens is 1. The summed E-state index contributed by atoms with van der Waals surface area (Å²) in [7, 11) is 1.67. The third-order valence-electron chi connectivity index (χ3n) is 5.28. The summed E-state index contributed by atoms with van der Waals surface area (Å²) >= 11 is 0. The zero-order valence-corrected chi connectivity index (χ0v) is 16.0. The molecule has 3 aromatic rings. The lowest BCUT2D eigenvalue weighted by molar-refractivity contribution is -0.121. The predicted octanol–water partition coefficient (Wildman–Crippen LogP) is 3.84. The molecule has 28 heavy (non-hydrogen) atoms. The predicted molar refractivity (Wildman–Crippen MR) is 106 cm³/mol. The van der Waals surface area contributed by atoms with Crippen LogP contribution in [0.15, 0.2) is 30.3 Å². The van der Waals surface area contributed by atoms with Crippen LogP contribution in [0.2, 0.25) is 0 Å². The lowest BCUT2D eigenvalue weighted by Crippen LogP contribution is -2.23. The van der Waals surface area contributed by atoms with Gasteiger partial charge in [0.25, 0.3) is 0 Å². The van der Waals surface area contributed by atoms with Gasteiger partial charge in [-0.25, -0.2) is 9.37 Å². The van der Waals surface area contributed by atoms with Crippen LogP contribution in [0.3, 0.4) is 0 Å². The largest absolute Gasteiger partial charge is 0.496 e. The molecule has 0 atom stereocenters. The molecular weight excluding hydrogens is 357 g/mol. The molecule has 1 aliphatic carbocycles. The standard InChI is InChI=1S/C22H24FN3O2/c1-28-20-11-15-5-2-4-14(15)10-16(20)13-24-22(27)7-3-6-21-25-18-9-8-17(23)12-19(18)26-21/h8-12H,2-7,13H2,1H3,(H,24,27)(H,25,26). The number of imidazole rings is 1. The van der Waals surface area contributed by atoms with Gasteiger partial charge in [0.15, 0.2) is 0 Å². The molecule has 0 saturated heterocycles. The van der Waals surface area contributed by atoms with Crippen molar-refractivity contribution >= 4 is 16.9 Å². The summed E-state index contributed by atoms with van der Waals surface area (Å²) in [6, 6.07) is 8.75. The van der Waals surface area contributed by atoms with E-state index in [2.05, 4.69) is 27.4 Å². The number of hydrogen-bond donors (Lipinski definition) is 2. The monoisotopic (exact) mass is 381 g/mol. The highest BCUT2D eigenvalue weighted by atomic mass is 19.1. The van der Waals surface area contributed by atoms with Crippen LogP contribution in [0.25, 0.3) is 11.0 Å². The Hall–Kier alpha value is -2.89. The Balaban J connectivity index is 1.29. The van der Waals surface area contributed by atoms with Gasteiger partial charge in [-0.15, -0.1) is 0 Å². The number of ether oxygens (including phenoxy) is 1. The third-order valence-corrected chi connectivity index (χ3v) is 5.28. The first-order chi connectivity index (χ1) is 13.6. The molecule has 0 saturated carbocycles. The third kappa shape index (κ3) is 4.01. The van der Waals surface area contributed by atoms with Crippen molar-refractivity contribution in [2.45, 2.75) is 45.1 Å². The van der Waals surface area contributed by atoms with E-state index in [0.717, 1.165) is 35.5 Å². The molecule has 0 bridgehead atoms. The molecule has 1 amide bonds. The molecule has 6 heteroatoms. The number of benzene rings is 2. The van der Waals surface area contributed by atoms with Gasteiger partial charge in [0.05, 0.1) is 18.1 Å². The summed E-state index contributed by atoms with van der Waals surface area (Å²) in [5.41, 5.74) is 5.17. The summed E-state index contributed by atoms with van der Waals surface area (Å²) in [5.74, 6) is 1.33. The molecule has 5 nitrogen and oxygen atoms in total. The molecule has 146 valence electrons. The minimum absolute atomic E-state index is 0.00436. The summed E-state index contributed by atoms with van der Waals surface area (Å²) in [5, 5.41) is 2.99. The number of methoxy groups -OCH3 is 1. The fourth-order valence-corrected chi connectivity index (χ4v) is 3.83. The molecular formula is C22H24FN3O2. The van der Waals surface area contributed by atoms with Crippen LogP contribution in [0, 0.1) is 5.82 Å². The van der Waals surface area contributed by atoms with Gasteiger partial charge < -0.3 is 15.0 Å². The number of nitrogens with one attached hydrogen (secondary N) is 2. The van der Waals surface area contributed by atoms with E-state index in [1.807, 2.05) is 0 Å². The van der Waals surface area contributed by atoms with Gasteiger partial charge in [0.1, 0.15) is 17.4 Å². The first-order valence-electron chi connectivity index (χ1n) is 9.72. The Morgan fingerprint density at radius 2 is 2.07 bits per heavy atom. The van der Waals surface area contributed by atoms with Crippen molar-refractivity contribution in [3.05, 3.63) is 58.7 Å². The number of fused-ring (bicyclic) bond motifs is 2. The van der Waals surface area contributed by atoms with E-state index in [0.29, 0.717) is 31.3 Å². The number of halogens is 1. The van der Waals surface area contributed by atoms with Crippen molar-refractivity contribution in [2.75, 3.05) is 7.11 Å². The maximum absolute atomic E-state index is 13.2. The van der Waals surface area contributed by atoms with E-state index in [-0.39, 0.29) is 11.7 Å². The molecule has 0 unspecified atom stereocenters. The van der Waals surface area contributed by atoms with Crippen molar-refractivity contribution in [1.82, 2.24) is 15.3 Å². The van der Waals surface area contributed by atoms with Gasteiger partial charge >= 0.3 is 0 Å². The average Bonchev–Trinajstić information content (AvgIpc) is 3.30. The fraction of sp³-hybridized carbons (Fsp3) is 0.364. The Morgan fingerprint density at radius 3 is 2.89 bits per heavy atom. The molecule has 1 aliphatic rings. The zero-order valence-electron chi connectivity index (χ0n) is 16.0. The van der Waals surface area contributed by atoms with E-state index in [4.69, 9.17) is 4.74 Å². The SMILES string of the molecule is COc1cc2c(cc1CNC(=O)CCCc1nc3ccc(F)cc3[nH]1)CCC2. The van der Waals surface area contributed by atoms with Crippen LogP contribution in [-0.2, 0) is 30.6 Å². The second kappa shape index (κ2) is 8.00. The average molecular weight is 381 g/mol. The Bertz CT molecular complexity index is 1010. The van der Waals surface area contributed by atoms with Gasteiger partial charge in [-0.1, -0.05) is 6.07 Å². The van der Waals surface area contributed by atoms with Crippen molar-refractivity contribution in [3.63, 3.8) is 0 Å². The molecule has 2 N–H and O–H groups in total. The highest BCUT2D eigenvalue weighted by Gasteiger charge is 2.15. The van der Waals surface area contributed by atoms with Crippen LogP contribution in [-0.4, -0.2) is 23.0 Å². The number of rotatable bonds is 7. The molecule has 0 spiro atoms. The molecule has 0 fully saturated rings. The van der Waals surface area contributed by atoms with Crippen molar-refractivity contribution in [1.29, 1.82) is 0 Å². The van der Waals surface area contributed by atoms with Crippen LogP contribution in [0.1, 0.15) is 41.8 Å². The summed E-state index contributed by atoms with van der Waals surface area (Å²) in [4.78, 5) is 19.8. The first kappa shape index (κ1) is 18.5. The van der Waals surface area contributed by atoms with Crippen LogP contribution in [0.4, 0.5) is 4.39 Å². The van der Waals surface area contributed by atoms with Gasteiger partial charge in [0.2, 0.25) is 5.91 Å². The number of aromatic nitrogens is 2. The highest BCUT2D eigenvalue weighted by Crippen LogP contribution is 2.29. The maximum atomic E-state index is 13.2. The van der Waals surface area contributed by atoms with Gasteiger partial charge in [-0.05, 0) is 61.1 Å². The molecule has 4 rings (SSSR count). The number of aromatic amines is 1. The van der Waals surface area contributed by atoms with Gasteiger partial charge in [-0.3, -0.25) is 4.79 Å². The number of carbonyl (C=O) groups excluding carboxylic acids is 1. The lowest BCUT2D eigenvalue weighted by Gasteiger charge is -2.12. The Kier molecular flexibility index (Phi) is 5.28. The van der Waals surface area contributed by atoms with Crippen LogP contribution < -0.4 is 10.1 Å². The van der Waals surface area contributed by atoms with E-state index in [1.165, 1.54) is 29.7 Å². The molecule has 1 heterocycles. The summed E-state index contributed by atoms with van der Waals surface area (Å²) < 4.78 is 18.7. The quantitative estimate of drug-likeness (QED) is 0.653. The molecule has 2 aromatic carbocycles. The van der Waals surface area contributed by atoms with Crippen molar-refractivity contribution in [2.24, 2.45) is 0 Å². The van der Waals surface area contributed by atoms with Crippen molar-refractivity contribution in [3.8, 4) is 5.75 Å². The number of amides is 1. The second-order valence-corrected chi connectivity index (χ2v) is 7.26. The summed E-state index contributed by atoms with van der Waals surface area (Å²) in [6.07, 6.45) is 5.12. The maximum Gasteiger partial charge on any atom is 0.220 e. The smallest absolute Gasteiger partial charge is 0.220 e. The minimum Gasteiger partial charge on any atom is -0.496 e. The highest BCUT2D eigenvalue weighted by molar-refractivity contribution is 5.76. The number of aryl methyl sites for hydroxylation is 3. The van der Waals surface area contributed by atoms with E-state index >= 15 is 0 Å². The Labute approximate surface area is 163 Å². The Morgan fingerprint density at radius 1 is 1.25 bits per heavy atom. The second-order valence-electron chi connectivity index (χ2n) is 7.26. The van der Waals surface area contributed by atoms with Gasteiger partial charge in [-0.2, -0.15) is 0 Å². The topological polar surface area (TPSA) is 67.0 Å². The fourth-order valence-electron chi connectivity index (χ4n) is 3.83. The van der Waals surface area contributed by atoms with Crippen LogP contribution >= 0.6 is 0 Å². The number of nitrogens with zero attached hydrogens (tertiary/aromatic N) is 1. The minimum atomic E-state index is -0.288. The van der Waals surface area contributed by atoms with Gasteiger partial charge in [0, 0.05) is 24.9 Å². The first-order valence-corrected chi connectivity index (χ1v) is 9.72. The normalized spacial score (nSPS) is 12.9. The van der Waals surface area contributed by atoms with Crippen molar-refractivity contribution < 1.29 is 13.9 Å². The number of hydrogen-bond acceptors (Lipinski definition) is 3. The zero-order chi connectivity index (χ0) is 19.5. The molecule has 1 aromatic heterocycles. The molecule has 0 aliphatic heterocycles. The van der Waals surface area contributed by atoms with Crippen LogP contribution in [0.5, 0.6) is 5.75 Å². The molecule has 0 radical (unpaired) electrons. The lowest BCUT2D eigenvalue weighted by atomic mass is 10.0. The van der Waals surface area contributed by atoms with E-state index in [9.17, 15) is 9.18 Å². The number of carbonyl (C=O) groups is 1. The van der Waals surface area contributed by atoms with E-state index in [1.54, 1.807) is 13.2 Å².